The fraction of sp³-hybridized carbons (Fsp3) is 0.931. The number of aliphatic hydroxyl groups is 2. The molecule has 9 atom stereocenters. The second kappa shape index (κ2) is 7.86. The molecule has 0 aromatic carbocycles. The fourth-order valence-corrected chi connectivity index (χ4v) is 9.30. The molecule has 0 aromatic rings. The van der Waals surface area contributed by atoms with Crippen molar-refractivity contribution in [2.24, 2.45) is 45.8 Å². The molecule has 2 nitrogen and oxygen atoms in total. The predicted octanol–water partition coefficient (Wildman–Crippen LogP) is 7.14. The van der Waals surface area contributed by atoms with E-state index in [1.54, 1.807) is 5.57 Å². The van der Waals surface area contributed by atoms with Crippen LogP contribution in [-0.2, 0) is 0 Å². The smallest absolute Gasteiger partial charge is 0.0651 e. The van der Waals surface area contributed by atoms with E-state index in [1.807, 2.05) is 0 Å². The minimum absolute atomic E-state index is 0.0263. The van der Waals surface area contributed by atoms with E-state index < -0.39 is 5.60 Å². The van der Waals surface area contributed by atoms with Gasteiger partial charge in [0.1, 0.15) is 0 Å². The summed E-state index contributed by atoms with van der Waals surface area (Å²) >= 11 is 0. The van der Waals surface area contributed by atoms with Crippen LogP contribution in [0.25, 0.3) is 0 Å². The van der Waals surface area contributed by atoms with Gasteiger partial charge in [-0.2, -0.15) is 0 Å². The lowest BCUT2D eigenvalue weighted by atomic mass is 9.45. The molecule has 0 aliphatic heterocycles. The highest BCUT2D eigenvalue weighted by Crippen LogP contribution is 2.62. The van der Waals surface area contributed by atoms with Crippen LogP contribution in [0.4, 0.5) is 0 Å². The number of allylic oxidation sites excluding steroid dienone is 2. The summed E-state index contributed by atoms with van der Waals surface area (Å²) in [5.74, 6) is 2.96. The van der Waals surface area contributed by atoms with Crippen LogP contribution in [0.1, 0.15) is 113 Å². The van der Waals surface area contributed by atoms with Gasteiger partial charge < -0.3 is 10.2 Å². The van der Waals surface area contributed by atoms with Crippen molar-refractivity contribution in [3.05, 3.63) is 11.6 Å². The Hall–Kier alpha value is -0.340. The third-order valence-electron chi connectivity index (χ3n) is 11.6. The van der Waals surface area contributed by atoms with Gasteiger partial charge in [0.05, 0.1) is 11.7 Å². The van der Waals surface area contributed by atoms with E-state index in [-0.39, 0.29) is 11.5 Å². The average molecular weight is 431 g/mol. The van der Waals surface area contributed by atoms with Crippen LogP contribution in [0.3, 0.4) is 0 Å². The molecule has 0 radical (unpaired) electrons. The molecule has 4 fully saturated rings. The van der Waals surface area contributed by atoms with Gasteiger partial charge in [0.2, 0.25) is 0 Å². The van der Waals surface area contributed by atoms with Gasteiger partial charge in [-0.1, -0.05) is 59.6 Å². The normalized spacial score (nSPS) is 53.6. The molecule has 4 saturated carbocycles. The monoisotopic (exact) mass is 430 g/mol. The van der Waals surface area contributed by atoms with Gasteiger partial charge in [-0.05, 0) is 111 Å². The van der Waals surface area contributed by atoms with Crippen LogP contribution >= 0.6 is 0 Å². The van der Waals surface area contributed by atoms with Crippen LogP contribution in [0.2, 0.25) is 0 Å². The summed E-state index contributed by atoms with van der Waals surface area (Å²) in [6, 6.07) is 0. The quantitative estimate of drug-likeness (QED) is 0.457. The van der Waals surface area contributed by atoms with Crippen LogP contribution in [0, 0.1) is 45.8 Å². The van der Waals surface area contributed by atoms with Crippen LogP contribution < -0.4 is 0 Å². The summed E-state index contributed by atoms with van der Waals surface area (Å²) in [6.45, 7) is 16.6. The number of aliphatic hydroxyl groups excluding tert-OH is 1. The molecule has 0 aromatic heterocycles. The fourth-order valence-electron chi connectivity index (χ4n) is 9.30. The Morgan fingerprint density at radius 3 is 2.35 bits per heavy atom. The lowest BCUT2D eigenvalue weighted by Gasteiger charge is -2.60. The van der Waals surface area contributed by atoms with Crippen LogP contribution in [0.5, 0.6) is 0 Å². The Bertz CT molecular complexity index is 706. The van der Waals surface area contributed by atoms with Crippen molar-refractivity contribution in [1.29, 1.82) is 0 Å². The van der Waals surface area contributed by atoms with Crippen molar-refractivity contribution in [2.45, 2.75) is 124 Å². The third-order valence-corrected chi connectivity index (χ3v) is 11.6. The molecule has 0 unspecified atom stereocenters. The van der Waals surface area contributed by atoms with Crippen LogP contribution in [0.15, 0.2) is 11.6 Å². The molecule has 0 saturated heterocycles. The Morgan fingerprint density at radius 2 is 1.65 bits per heavy atom. The summed E-state index contributed by atoms with van der Waals surface area (Å²) in [7, 11) is 0. The van der Waals surface area contributed by atoms with Crippen molar-refractivity contribution in [3.63, 3.8) is 0 Å². The highest BCUT2D eigenvalue weighted by atomic mass is 16.3. The Balaban J connectivity index is 1.62. The summed E-state index contributed by atoms with van der Waals surface area (Å²) < 4.78 is 0. The lowest BCUT2D eigenvalue weighted by Crippen LogP contribution is -2.55. The minimum Gasteiger partial charge on any atom is -0.393 e. The van der Waals surface area contributed by atoms with Crippen molar-refractivity contribution in [3.8, 4) is 0 Å². The molecular weight excluding hydrogens is 380 g/mol. The standard InChI is InChI=1S/C29H50O2/c1-19-10-13-23-26(3,4)24(30)14-16-28(23,6)22(19)12-11-21-9-8-15-27(5)17-18-29(7,31)20(2)25(21)27/h11,19-20,22-25,30-31H,8-10,12-18H2,1-7H3/b21-11+/t19-,20+,22-,23-,24-,25-,27-,28+,29+/m0/s1. The van der Waals surface area contributed by atoms with E-state index in [9.17, 15) is 10.2 Å². The molecule has 4 aliphatic carbocycles. The SMILES string of the molecule is C[C@@H]1[C@H]2/C(=C/C[C@H]3[C@@H](C)CC[C@H]4C(C)(C)[C@@H](O)CC[C@]34C)CCC[C@@]2(C)CC[C@@]1(C)O. The number of hydrogen-bond acceptors (Lipinski definition) is 2. The Morgan fingerprint density at radius 1 is 0.935 bits per heavy atom. The summed E-state index contributed by atoms with van der Waals surface area (Å²) in [5, 5.41) is 21.9. The molecule has 0 amide bonds. The molecule has 4 rings (SSSR count). The van der Waals surface area contributed by atoms with E-state index in [0.29, 0.717) is 34.5 Å². The average Bonchev–Trinajstić information content (AvgIpc) is 2.68. The maximum atomic E-state index is 11.1. The zero-order valence-corrected chi connectivity index (χ0v) is 21.5. The molecule has 31 heavy (non-hydrogen) atoms. The lowest BCUT2D eigenvalue weighted by molar-refractivity contribution is -0.147. The van der Waals surface area contributed by atoms with Crippen LogP contribution in [-0.4, -0.2) is 21.9 Å². The van der Waals surface area contributed by atoms with Gasteiger partial charge in [-0.3, -0.25) is 0 Å². The first-order valence-electron chi connectivity index (χ1n) is 13.4. The Kier molecular flexibility index (Phi) is 6.04. The molecule has 0 bridgehead atoms. The maximum Gasteiger partial charge on any atom is 0.0651 e. The van der Waals surface area contributed by atoms with Gasteiger partial charge in [0, 0.05) is 0 Å². The van der Waals surface area contributed by atoms with Gasteiger partial charge in [0.25, 0.3) is 0 Å². The minimum atomic E-state index is -0.528. The van der Waals surface area contributed by atoms with Gasteiger partial charge in [0.15, 0.2) is 0 Å². The molecule has 2 N–H and O–H groups in total. The van der Waals surface area contributed by atoms with Crippen molar-refractivity contribution in [2.75, 3.05) is 0 Å². The van der Waals surface area contributed by atoms with E-state index >= 15 is 0 Å². The van der Waals surface area contributed by atoms with E-state index in [4.69, 9.17) is 0 Å². The zero-order valence-electron chi connectivity index (χ0n) is 21.5. The molecule has 4 aliphatic rings. The van der Waals surface area contributed by atoms with Gasteiger partial charge in [-0.25, -0.2) is 0 Å². The summed E-state index contributed by atoms with van der Waals surface area (Å²) in [4.78, 5) is 0. The third kappa shape index (κ3) is 3.76. The molecule has 2 heteroatoms. The first-order valence-corrected chi connectivity index (χ1v) is 13.4. The van der Waals surface area contributed by atoms with E-state index in [0.717, 1.165) is 25.2 Å². The molecule has 0 spiro atoms. The maximum absolute atomic E-state index is 11.1. The highest BCUT2D eigenvalue weighted by molar-refractivity contribution is 5.20. The van der Waals surface area contributed by atoms with Crippen molar-refractivity contribution >= 4 is 0 Å². The van der Waals surface area contributed by atoms with E-state index in [1.165, 1.54) is 44.9 Å². The highest BCUT2D eigenvalue weighted by Gasteiger charge is 2.56. The number of hydrogen-bond donors (Lipinski definition) is 2. The summed E-state index contributed by atoms with van der Waals surface area (Å²) in [5.41, 5.74) is 1.86. The topological polar surface area (TPSA) is 40.5 Å². The first kappa shape index (κ1) is 23.8. The first-order chi connectivity index (χ1) is 14.3. The summed E-state index contributed by atoms with van der Waals surface area (Å²) in [6.07, 6.45) is 14.4. The molecule has 0 heterocycles. The molecular formula is C29H50O2. The zero-order chi connectivity index (χ0) is 22.8. The van der Waals surface area contributed by atoms with Gasteiger partial charge >= 0.3 is 0 Å². The number of rotatable bonds is 2. The Labute approximate surface area is 192 Å². The van der Waals surface area contributed by atoms with Gasteiger partial charge in [-0.15, -0.1) is 0 Å². The molecule has 178 valence electrons. The largest absolute Gasteiger partial charge is 0.393 e. The van der Waals surface area contributed by atoms with Crippen molar-refractivity contribution < 1.29 is 10.2 Å². The van der Waals surface area contributed by atoms with E-state index in [2.05, 4.69) is 54.5 Å². The van der Waals surface area contributed by atoms with Crippen molar-refractivity contribution in [1.82, 2.24) is 0 Å². The second-order valence-corrected chi connectivity index (χ2v) is 13.7. The second-order valence-electron chi connectivity index (χ2n) is 13.7. The predicted molar refractivity (Wildman–Crippen MR) is 130 cm³/mol. The number of fused-ring (bicyclic) bond motifs is 2.